The van der Waals surface area contributed by atoms with E-state index in [1.165, 1.54) is 19.1 Å². The largest absolute Gasteiger partial charge is 0.509 e. The maximum absolute atomic E-state index is 17.6. The lowest BCUT2D eigenvalue weighted by Gasteiger charge is -2.63. The van der Waals surface area contributed by atoms with Gasteiger partial charge in [-0.3, -0.25) is 14.4 Å². The van der Waals surface area contributed by atoms with Crippen LogP contribution in [-0.4, -0.2) is 65.6 Å². The van der Waals surface area contributed by atoms with E-state index in [9.17, 15) is 24.3 Å². The van der Waals surface area contributed by atoms with Gasteiger partial charge in [-0.1, -0.05) is 52.5 Å². The van der Waals surface area contributed by atoms with Crippen molar-refractivity contribution in [2.75, 3.05) is 13.2 Å². The second-order valence-corrected chi connectivity index (χ2v) is 14.2. The molecule has 0 heterocycles. The Morgan fingerprint density at radius 3 is 2.48 bits per heavy atom. The number of ketones is 2. The number of alkyl halides is 2. The van der Waals surface area contributed by atoms with Crippen molar-refractivity contribution in [3.8, 4) is 0 Å². The molecular formula is C34H46F2O8. The van der Waals surface area contributed by atoms with Crippen LogP contribution >= 0.6 is 0 Å². The Morgan fingerprint density at radius 2 is 1.80 bits per heavy atom. The van der Waals surface area contributed by atoms with Gasteiger partial charge in [-0.2, -0.15) is 0 Å². The van der Waals surface area contributed by atoms with Crippen molar-refractivity contribution < 1.29 is 47.3 Å². The Kier molecular flexibility index (Phi) is 8.90. The number of rotatable bonds is 9. The van der Waals surface area contributed by atoms with Crippen LogP contribution in [-0.2, 0) is 28.6 Å². The molecule has 0 aromatic carbocycles. The van der Waals surface area contributed by atoms with Crippen molar-refractivity contribution in [2.45, 2.75) is 115 Å². The van der Waals surface area contributed by atoms with Gasteiger partial charge in [0.05, 0.1) is 12.7 Å². The fourth-order valence-electron chi connectivity index (χ4n) is 9.68. The average molecular weight is 621 g/mol. The van der Waals surface area contributed by atoms with Gasteiger partial charge in [-0.25, -0.2) is 13.6 Å². The molecule has 9 atom stereocenters. The highest BCUT2D eigenvalue weighted by Crippen LogP contribution is 2.71. The molecule has 0 saturated heterocycles. The predicted molar refractivity (Wildman–Crippen MR) is 156 cm³/mol. The monoisotopic (exact) mass is 620 g/mol. The number of allylic oxidation sites excluding steroid dienone is 4. The topological polar surface area (TPSA) is 116 Å². The Hall–Kier alpha value is -2.62. The third kappa shape index (κ3) is 4.94. The first-order chi connectivity index (χ1) is 20.7. The summed E-state index contributed by atoms with van der Waals surface area (Å²) in [7, 11) is 0. The Balaban J connectivity index is 1.47. The summed E-state index contributed by atoms with van der Waals surface area (Å²) >= 11 is 0. The molecule has 0 aromatic heterocycles. The van der Waals surface area contributed by atoms with E-state index in [0.29, 0.717) is 18.8 Å². The molecular weight excluding hydrogens is 574 g/mol. The lowest BCUT2D eigenvalue weighted by atomic mass is 9.44. The first kappa shape index (κ1) is 32.8. The van der Waals surface area contributed by atoms with Crippen LogP contribution in [0.3, 0.4) is 0 Å². The van der Waals surface area contributed by atoms with Crippen molar-refractivity contribution in [1.29, 1.82) is 0 Å². The number of ether oxygens (including phenoxy) is 3. The van der Waals surface area contributed by atoms with Gasteiger partial charge in [0, 0.05) is 29.1 Å². The molecule has 0 radical (unpaired) electrons. The van der Waals surface area contributed by atoms with E-state index in [-0.39, 0.29) is 37.9 Å². The van der Waals surface area contributed by atoms with Crippen LogP contribution in [0.15, 0.2) is 23.8 Å². The summed E-state index contributed by atoms with van der Waals surface area (Å²) in [6.45, 7) is 6.10. The highest BCUT2D eigenvalue weighted by atomic mass is 19.1. The third-order valence-corrected chi connectivity index (χ3v) is 11.8. The number of fused-ring (bicyclic) bond motifs is 5. The van der Waals surface area contributed by atoms with E-state index >= 15 is 8.78 Å². The normalized spacial score (nSPS) is 41.3. The van der Waals surface area contributed by atoms with Gasteiger partial charge < -0.3 is 19.3 Å². The zero-order chi connectivity index (χ0) is 32.1. The molecule has 44 heavy (non-hydrogen) atoms. The van der Waals surface area contributed by atoms with Gasteiger partial charge in [0.25, 0.3) is 0 Å². The van der Waals surface area contributed by atoms with Crippen LogP contribution in [0.25, 0.3) is 0 Å². The molecule has 1 N–H and O–H groups in total. The summed E-state index contributed by atoms with van der Waals surface area (Å²) in [5.74, 6) is -3.60. The minimum absolute atomic E-state index is 0.00342. The number of esters is 1. The molecule has 0 bridgehead atoms. The molecule has 0 aliphatic heterocycles. The molecule has 8 nitrogen and oxygen atoms in total. The van der Waals surface area contributed by atoms with E-state index in [1.54, 1.807) is 20.8 Å². The molecule has 5 aliphatic rings. The van der Waals surface area contributed by atoms with E-state index in [4.69, 9.17) is 14.2 Å². The Bertz CT molecular complexity index is 1240. The molecule has 0 aromatic rings. The first-order valence-electron chi connectivity index (χ1n) is 16.3. The van der Waals surface area contributed by atoms with Crippen molar-refractivity contribution in [1.82, 2.24) is 0 Å². The number of Topliss-reactive ketones (excluding diaryl/α,β-unsaturated/α-hetero) is 1. The highest BCUT2D eigenvalue weighted by Gasteiger charge is 2.78. The third-order valence-electron chi connectivity index (χ3n) is 11.8. The van der Waals surface area contributed by atoms with E-state index in [0.717, 1.165) is 31.8 Å². The quantitative estimate of drug-likeness (QED) is 0.315. The van der Waals surface area contributed by atoms with Crippen molar-refractivity contribution in [3.05, 3.63) is 23.8 Å². The summed E-state index contributed by atoms with van der Waals surface area (Å²) in [6, 6.07) is 0. The van der Waals surface area contributed by atoms with Gasteiger partial charge in [-0.15, -0.1) is 0 Å². The minimum atomic E-state index is -2.35. The van der Waals surface area contributed by atoms with Gasteiger partial charge >= 0.3 is 12.1 Å². The second kappa shape index (κ2) is 12.0. The van der Waals surface area contributed by atoms with E-state index in [1.807, 2.05) is 0 Å². The maximum Gasteiger partial charge on any atom is 0.509 e. The maximum atomic E-state index is 17.6. The Labute approximate surface area is 257 Å². The standard InChI is InChI=1S/C34H46F2O8/c1-5-14-42-30(41)44-34(28(39)19-43-29(40)11-10-21-8-6-7-9-21)20(2)15-23-24-17-26(35)25-16-22(37)12-13-31(25,3)33(24,36)27(38)18-32(23,34)4/h12-13,16,20-21,23-24,26-27,38H,5-11,14-15,17-19H2,1-4H3/t20-,23+,24+,26+,27+,31+,32+,33+,34+/m1/s1. The van der Waals surface area contributed by atoms with Gasteiger partial charge in [0.15, 0.2) is 23.7 Å². The number of aliphatic hydroxyl groups is 1. The smallest absolute Gasteiger partial charge is 0.457 e. The number of halogens is 2. The molecule has 0 spiro atoms. The second-order valence-electron chi connectivity index (χ2n) is 14.2. The zero-order valence-electron chi connectivity index (χ0n) is 26.2. The molecule has 0 unspecified atom stereocenters. The van der Waals surface area contributed by atoms with Crippen molar-refractivity contribution >= 4 is 23.7 Å². The summed E-state index contributed by atoms with van der Waals surface area (Å²) in [6.07, 6.45) is 4.70. The van der Waals surface area contributed by atoms with Gasteiger partial charge in [0.1, 0.15) is 6.17 Å². The molecule has 10 heteroatoms. The van der Waals surface area contributed by atoms with Crippen molar-refractivity contribution in [3.63, 3.8) is 0 Å². The number of hydrogen-bond acceptors (Lipinski definition) is 8. The molecule has 4 saturated carbocycles. The molecule has 244 valence electrons. The summed E-state index contributed by atoms with van der Waals surface area (Å²) in [5.41, 5.74) is -7.19. The van der Waals surface area contributed by atoms with Crippen molar-refractivity contribution in [2.24, 2.45) is 34.5 Å². The molecule has 4 fully saturated rings. The summed E-state index contributed by atoms with van der Waals surface area (Å²) in [5, 5.41) is 11.7. The van der Waals surface area contributed by atoms with Crippen LogP contribution in [0.5, 0.6) is 0 Å². The lowest BCUT2D eigenvalue weighted by Crippen LogP contribution is -2.71. The fraction of sp³-hybridized carbons (Fsp3) is 0.765. The fourth-order valence-corrected chi connectivity index (χ4v) is 9.68. The Morgan fingerprint density at radius 1 is 1.09 bits per heavy atom. The minimum Gasteiger partial charge on any atom is -0.457 e. The molecule has 0 amide bonds. The summed E-state index contributed by atoms with van der Waals surface area (Å²) < 4.78 is 50.1. The zero-order valence-corrected chi connectivity index (χ0v) is 26.2. The van der Waals surface area contributed by atoms with Gasteiger partial charge in [0.2, 0.25) is 5.78 Å². The van der Waals surface area contributed by atoms with E-state index in [2.05, 4.69) is 0 Å². The van der Waals surface area contributed by atoms with Gasteiger partial charge in [-0.05, 0) is 68.6 Å². The van der Waals surface area contributed by atoms with Crippen LogP contribution in [0.4, 0.5) is 13.6 Å². The average Bonchev–Trinajstić information content (AvgIpc) is 3.57. The number of carbonyl (C=O) groups is 4. The van der Waals surface area contributed by atoms with Crippen LogP contribution < -0.4 is 0 Å². The van der Waals surface area contributed by atoms with Crippen LogP contribution in [0, 0.1) is 34.5 Å². The lowest BCUT2D eigenvalue weighted by molar-refractivity contribution is -0.226. The number of carbonyl (C=O) groups excluding carboxylic acids is 4. The van der Waals surface area contributed by atoms with Crippen LogP contribution in [0.2, 0.25) is 0 Å². The van der Waals surface area contributed by atoms with E-state index < -0.39 is 82.4 Å². The predicted octanol–water partition coefficient (Wildman–Crippen LogP) is 5.94. The molecule has 5 aliphatic carbocycles. The first-order valence-corrected chi connectivity index (χ1v) is 16.3. The number of hydrogen-bond donors (Lipinski definition) is 1. The number of aliphatic hydroxyl groups excluding tert-OH is 1. The SMILES string of the molecule is CCCOC(=O)O[C@]1(C(=O)COC(=O)CCC2CCCC2)[C@H](C)C[C@H]2[C@@H]3C[C@H](F)C4=CC(=O)C=C[C@]4(C)[C@@]3(F)[C@@H](O)C[C@@]21C. The summed E-state index contributed by atoms with van der Waals surface area (Å²) in [4.78, 5) is 52.1. The molecule has 5 rings (SSSR count). The van der Waals surface area contributed by atoms with Crippen LogP contribution in [0.1, 0.15) is 91.9 Å². The highest BCUT2D eigenvalue weighted by molar-refractivity contribution is 6.01.